The molecular formula is C20H21N3OS. The third kappa shape index (κ3) is 3.82. The number of benzene rings is 2. The quantitative estimate of drug-likeness (QED) is 0.490. The van der Waals surface area contributed by atoms with Gasteiger partial charge < -0.3 is 4.90 Å². The lowest BCUT2D eigenvalue weighted by Gasteiger charge is -2.25. The van der Waals surface area contributed by atoms with Gasteiger partial charge in [0.2, 0.25) is 5.91 Å². The lowest BCUT2D eigenvalue weighted by Crippen LogP contribution is -2.33. The number of hydrogen-bond donors (Lipinski definition) is 0. The van der Waals surface area contributed by atoms with Crippen molar-refractivity contribution in [3.8, 4) is 0 Å². The largest absolute Gasteiger partial charge is 0.342 e. The summed E-state index contributed by atoms with van der Waals surface area (Å²) in [6.07, 6.45) is 1.56. The second-order valence-electron chi connectivity index (χ2n) is 5.62. The van der Waals surface area contributed by atoms with Crippen molar-refractivity contribution in [1.82, 2.24) is 14.9 Å². The average Bonchev–Trinajstić information content (AvgIpc) is 2.67. The van der Waals surface area contributed by atoms with E-state index in [0.717, 1.165) is 21.5 Å². The maximum absolute atomic E-state index is 13.1. The van der Waals surface area contributed by atoms with E-state index in [4.69, 9.17) is 0 Å². The van der Waals surface area contributed by atoms with Crippen molar-refractivity contribution in [2.75, 3.05) is 13.1 Å². The number of hydrogen-bond acceptors (Lipinski definition) is 4. The van der Waals surface area contributed by atoms with Crippen LogP contribution in [-0.4, -0.2) is 33.9 Å². The highest BCUT2D eigenvalue weighted by Gasteiger charge is 2.26. The first kappa shape index (κ1) is 17.4. The number of carbonyl (C=O) groups is 1. The number of thioether (sulfide) groups is 1. The van der Waals surface area contributed by atoms with Crippen LogP contribution in [0.4, 0.5) is 0 Å². The highest BCUT2D eigenvalue weighted by molar-refractivity contribution is 8.00. The number of rotatable bonds is 6. The van der Waals surface area contributed by atoms with Crippen LogP contribution in [0.15, 0.2) is 66.0 Å². The van der Waals surface area contributed by atoms with Gasteiger partial charge >= 0.3 is 0 Å². The molecule has 1 aromatic heterocycles. The van der Waals surface area contributed by atoms with E-state index < -0.39 is 0 Å². The zero-order valence-electron chi connectivity index (χ0n) is 14.4. The summed E-state index contributed by atoms with van der Waals surface area (Å²) in [5.41, 5.74) is 1.88. The summed E-state index contributed by atoms with van der Waals surface area (Å²) in [7, 11) is 0. The van der Waals surface area contributed by atoms with Crippen LogP contribution >= 0.6 is 11.8 Å². The van der Waals surface area contributed by atoms with Gasteiger partial charge in [-0.3, -0.25) is 4.79 Å². The minimum absolute atomic E-state index is 0.115. The van der Waals surface area contributed by atoms with Gasteiger partial charge in [0.15, 0.2) is 0 Å². The second kappa shape index (κ2) is 8.12. The Labute approximate surface area is 152 Å². The molecule has 128 valence electrons. The molecule has 0 aliphatic carbocycles. The van der Waals surface area contributed by atoms with Gasteiger partial charge in [0.25, 0.3) is 0 Å². The molecule has 0 fully saturated rings. The Kier molecular flexibility index (Phi) is 5.66. The van der Waals surface area contributed by atoms with Crippen molar-refractivity contribution in [3.63, 3.8) is 0 Å². The molecule has 0 aliphatic heterocycles. The summed E-state index contributed by atoms with van der Waals surface area (Å²) < 4.78 is 0. The number of para-hydroxylation sites is 1. The molecule has 0 bridgehead atoms. The van der Waals surface area contributed by atoms with Crippen molar-refractivity contribution >= 4 is 28.6 Å². The molecule has 25 heavy (non-hydrogen) atoms. The summed E-state index contributed by atoms with van der Waals surface area (Å²) >= 11 is 1.50. The van der Waals surface area contributed by atoms with Crippen LogP contribution in [0.1, 0.15) is 24.7 Å². The van der Waals surface area contributed by atoms with E-state index >= 15 is 0 Å². The van der Waals surface area contributed by atoms with Gasteiger partial charge in [0.1, 0.15) is 16.6 Å². The predicted octanol–water partition coefficient (Wildman–Crippen LogP) is 4.33. The molecule has 2 aromatic carbocycles. The number of amides is 1. The van der Waals surface area contributed by atoms with Crippen molar-refractivity contribution in [1.29, 1.82) is 0 Å². The van der Waals surface area contributed by atoms with Crippen LogP contribution in [0.25, 0.3) is 10.9 Å². The summed E-state index contributed by atoms with van der Waals surface area (Å²) in [4.78, 5) is 23.7. The summed E-state index contributed by atoms with van der Waals surface area (Å²) in [6, 6.07) is 17.8. The first-order valence-electron chi connectivity index (χ1n) is 8.44. The maximum Gasteiger partial charge on any atom is 0.240 e. The molecule has 4 nitrogen and oxygen atoms in total. The van der Waals surface area contributed by atoms with Crippen LogP contribution in [0.3, 0.4) is 0 Å². The van der Waals surface area contributed by atoms with E-state index in [-0.39, 0.29) is 11.2 Å². The molecule has 0 saturated heterocycles. The fourth-order valence-corrected chi connectivity index (χ4v) is 3.95. The van der Waals surface area contributed by atoms with Crippen LogP contribution < -0.4 is 0 Å². The van der Waals surface area contributed by atoms with E-state index in [1.54, 1.807) is 6.33 Å². The molecule has 0 saturated carbocycles. The summed E-state index contributed by atoms with van der Waals surface area (Å²) in [5, 5.41) is 1.49. The molecule has 3 rings (SSSR count). The van der Waals surface area contributed by atoms with E-state index in [1.807, 2.05) is 73.3 Å². The molecule has 5 heteroatoms. The highest BCUT2D eigenvalue weighted by Crippen LogP contribution is 2.38. The van der Waals surface area contributed by atoms with Crippen LogP contribution in [0, 0.1) is 0 Å². The molecule has 1 atom stereocenters. The van der Waals surface area contributed by atoms with Gasteiger partial charge in [0.05, 0.1) is 5.52 Å². The van der Waals surface area contributed by atoms with Gasteiger partial charge in [0, 0.05) is 18.5 Å². The zero-order valence-corrected chi connectivity index (χ0v) is 15.2. The normalized spacial score (nSPS) is 12.1. The van der Waals surface area contributed by atoms with Crippen molar-refractivity contribution < 1.29 is 4.79 Å². The van der Waals surface area contributed by atoms with Gasteiger partial charge in [-0.2, -0.15) is 0 Å². The molecule has 3 aromatic rings. The molecule has 0 N–H and O–H groups in total. The Balaban J connectivity index is 2.01. The second-order valence-corrected chi connectivity index (χ2v) is 6.71. The van der Waals surface area contributed by atoms with Crippen LogP contribution in [-0.2, 0) is 4.79 Å². The standard InChI is InChI=1S/C20H21N3OS/c1-3-23(4-2)20(24)18(15-10-6-5-7-11-15)25-19-16-12-8-9-13-17(16)21-14-22-19/h5-14,18H,3-4H2,1-2H3/t18-/m1/s1. The summed E-state index contributed by atoms with van der Waals surface area (Å²) in [6.45, 7) is 5.41. The third-order valence-electron chi connectivity index (χ3n) is 4.14. The van der Waals surface area contributed by atoms with Gasteiger partial charge in [-0.1, -0.05) is 60.3 Å². The zero-order chi connectivity index (χ0) is 17.6. The number of carbonyl (C=O) groups excluding carboxylic acids is 1. The number of aromatic nitrogens is 2. The SMILES string of the molecule is CCN(CC)C(=O)[C@H](Sc1ncnc2ccccc12)c1ccccc1. The van der Waals surface area contributed by atoms with Crippen molar-refractivity contribution in [2.24, 2.45) is 0 Å². The maximum atomic E-state index is 13.1. The molecule has 0 unspecified atom stereocenters. The lowest BCUT2D eigenvalue weighted by molar-refractivity contribution is -0.130. The monoisotopic (exact) mass is 351 g/mol. The van der Waals surface area contributed by atoms with Gasteiger partial charge in [-0.15, -0.1) is 0 Å². The molecule has 0 radical (unpaired) electrons. The Bertz CT molecular complexity index is 844. The smallest absolute Gasteiger partial charge is 0.240 e. The Hall–Kier alpha value is -2.40. The summed E-state index contributed by atoms with van der Waals surface area (Å²) in [5.74, 6) is 0.115. The number of fused-ring (bicyclic) bond motifs is 1. The minimum Gasteiger partial charge on any atom is -0.342 e. The Morgan fingerprint density at radius 1 is 1.00 bits per heavy atom. The van der Waals surface area contributed by atoms with E-state index in [2.05, 4.69) is 9.97 Å². The average molecular weight is 351 g/mol. The van der Waals surface area contributed by atoms with Crippen molar-refractivity contribution in [3.05, 3.63) is 66.5 Å². The minimum atomic E-state index is -0.320. The van der Waals surface area contributed by atoms with E-state index in [0.29, 0.717) is 13.1 Å². The molecule has 1 heterocycles. The molecule has 1 amide bonds. The Morgan fingerprint density at radius 3 is 2.40 bits per heavy atom. The third-order valence-corrected chi connectivity index (χ3v) is 5.40. The molecule has 0 aliphatic rings. The van der Waals surface area contributed by atoms with Gasteiger partial charge in [-0.25, -0.2) is 9.97 Å². The topological polar surface area (TPSA) is 46.1 Å². The fraction of sp³-hybridized carbons (Fsp3) is 0.250. The first-order valence-corrected chi connectivity index (χ1v) is 9.32. The van der Waals surface area contributed by atoms with Crippen molar-refractivity contribution in [2.45, 2.75) is 24.1 Å². The first-order chi connectivity index (χ1) is 12.2. The lowest BCUT2D eigenvalue weighted by atomic mass is 10.1. The highest BCUT2D eigenvalue weighted by atomic mass is 32.2. The van der Waals surface area contributed by atoms with E-state index in [1.165, 1.54) is 11.8 Å². The number of likely N-dealkylation sites (N-methyl/N-ethyl adjacent to an activating group) is 1. The Morgan fingerprint density at radius 2 is 1.68 bits per heavy atom. The fourth-order valence-electron chi connectivity index (χ4n) is 2.78. The van der Waals surface area contributed by atoms with Crippen LogP contribution in [0.2, 0.25) is 0 Å². The predicted molar refractivity (Wildman–Crippen MR) is 103 cm³/mol. The van der Waals surface area contributed by atoms with Gasteiger partial charge in [-0.05, 0) is 25.5 Å². The molecule has 0 spiro atoms. The number of nitrogens with zero attached hydrogens (tertiary/aromatic N) is 3. The van der Waals surface area contributed by atoms with Crippen LogP contribution in [0.5, 0.6) is 0 Å². The van der Waals surface area contributed by atoms with E-state index in [9.17, 15) is 4.79 Å². The molecular weight excluding hydrogens is 330 g/mol.